The van der Waals surface area contributed by atoms with Crippen molar-refractivity contribution >= 4 is 0 Å². The Hall–Kier alpha value is -1.35. The maximum absolute atomic E-state index is 12.3. The Bertz CT molecular complexity index is 296. The van der Waals surface area contributed by atoms with Gasteiger partial charge in [-0.1, -0.05) is 30.3 Å². The topological polar surface area (TPSA) is 18.5 Å². The van der Waals surface area contributed by atoms with E-state index >= 15 is 0 Å². The number of aryl methyl sites for hydroxylation is 1. The van der Waals surface area contributed by atoms with Crippen LogP contribution < -0.4 is 0 Å². The Morgan fingerprint density at radius 3 is 2.67 bits per heavy atom. The minimum atomic E-state index is 0.0878. The van der Waals surface area contributed by atoms with Gasteiger partial charge in [0, 0.05) is 13.5 Å². The quantitative estimate of drug-likeness (QED) is 0.530. The Labute approximate surface area is 89.3 Å². The maximum Gasteiger partial charge on any atom is 0.188 e. The summed E-state index contributed by atoms with van der Waals surface area (Å²) in [4.78, 5) is 0. The molecule has 0 aliphatic heterocycles. The van der Waals surface area contributed by atoms with Gasteiger partial charge in [0.25, 0.3) is 0 Å². The van der Waals surface area contributed by atoms with Crippen molar-refractivity contribution in [3.05, 3.63) is 48.0 Å². The van der Waals surface area contributed by atoms with Gasteiger partial charge in [0.1, 0.15) is 12.1 Å². The molecule has 0 spiro atoms. The van der Waals surface area contributed by atoms with Gasteiger partial charge in [-0.15, -0.1) is 0 Å². The second kappa shape index (κ2) is 7.01. The fraction of sp³-hybridized carbons (Fsp3) is 0.333. The van der Waals surface area contributed by atoms with Crippen molar-refractivity contribution in [3.63, 3.8) is 0 Å². The SMILES string of the molecule is COCOC(=CF)CCc1ccccc1. The van der Waals surface area contributed by atoms with Crippen LogP contribution in [0.25, 0.3) is 0 Å². The molecule has 15 heavy (non-hydrogen) atoms. The number of hydrogen-bond donors (Lipinski definition) is 0. The Morgan fingerprint density at radius 1 is 1.33 bits per heavy atom. The van der Waals surface area contributed by atoms with E-state index in [1.165, 1.54) is 7.11 Å². The molecule has 1 rings (SSSR count). The lowest BCUT2D eigenvalue weighted by Crippen LogP contribution is -1.98. The van der Waals surface area contributed by atoms with E-state index in [4.69, 9.17) is 9.47 Å². The van der Waals surface area contributed by atoms with Crippen LogP contribution in [-0.2, 0) is 15.9 Å². The summed E-state index contributed by atoms with van der Waals surface area (Å²) in [5.41, 5.74) is 1.16. The molecular formula is C12H15FO2. The first-order valence-corrected chi connectivity index (χ1v) is 4.81. The molecule has 0 N–H and O–H groups in total. The minimum absolute atomic E-state index is 0.0878. The summed E-state index contributed by atoms with van der Waals surface area (Å²) in [7, 11) is 1.51. The van der Waals surface area contributed by atoms with E-state index < -0.39 is 0 Å². The van der Waals surface area contributed by atoms with Crippen LogP contribution in [0.4, 0.5) is 4.39 Å². The molecule has 2 nitrogen and oxygen atoms in total. The van der Waals surface area contributed by atoms with E-state index in [9.17, 15) is 4.39 Å². The van der Waals surface area contributed by atoms with Crippen LogP contribution in [0.3, 0.4) is 0 Å². The number of rotatable bonds is 6. The predicted molar refractivity (Wildman–Crippen MR) is 56.9 cm³/mol. The second-order valence-corrected chi connectivity index (χ2v) is 3.11. The summed E-state index contributed by atoms with van der Waals surface area (Å²) >= 11 is 0. The van der Waals surface area contributed by atoms with Gasteiger partial charge in [0.2, 0.25) is 0 Å². The van der Waals surface area contributed by atoms with Crippen LogP contribution in [-0.4, -0.2) is 13.9 Å². The molecule has 0 saturated heterocycles. The fourth-order valence-corrected chi connectivity index (χ4v) is 1.21. The van der Waals surface area contributed by atoms with E-state index in [1.54, 1.807) is 0 Å². The highest BCUT2D eigenvalue weighted by atomic mass is 19.1. The van der Waals surface area contributed by atoms with Gasteiger partial charge >= 0.3 is 0 Å². The average molecular weight is 210 g/mol. The van der Waals surface area contributed by atoms with Gasteiger partial charge < -0.3 is 9.47 Å². The lowest BCUT2D eigenvalue weighted by atomic mass is 10.1. The van der Waals surface area contributed by atoms with Gasteiger partial charge in [-0.2, -0.15) is 0 Å². The molecule has 0 radical (unpaired) electrons. The number of benzene rings is 1. The zero-order valence-corrected chi connectivity index (χ0v) is 8.78. The van der Waals surface area contributed by atoms with Crippen LogP contribution in [0, 0.1) is 0 Å². The molecule has 1 aromatic rings. The van der Waals surface area contributed by atoms with Crippen molar-refractivity contribution in [2.75, 3.05) is 13.9 Å². The third-order valence-electron chi connectivity index (χ3n) is 1.99. The van der Waals surface area contributed by atoms with Crippen LogP contribution in [0.15, 0.2) is 42.4 Å². The summed E-state index contributed by atoms with van der Waals surface area (Å²) in [5, 5.41) is 0. The number of allylic oxidation sites excluding steroid dienone is 1. The molecule has 0 aromatic heterocycles. The van der Waals surface area contributed by atoms with Crippen molar-refractivity contribution in [2.45, 2.75) is 12.8 Å². The molecule has 0 aliphatic rings. The molecule has 3 heteroatoms. The number of methoxy groups -OCH3 is 1. The summed E-state index contributed by atoms with van der Waals surface area (Å²) in [6.07, 6.45) is 1.80. The van der Waals surface area contributed by atoms with Crippen LogP contribution >= 0.6 is 0 Å². The third kappa shape index (κ3) is 4.61. The Balaban J connectivity index is 2.35. The minimum Gasteiger partial charge on any atom is -0.470 e. The molecule has 0 saturated carbocycles. The molecular weight excluding hydrogens is 195 g/mol. The normalized spacial score (nSPS) is 11.5. The van der Waals surface area contributed by atoms with Crippen LogP contribution in [0.2, 0.25) is 0 Å². The summed E-state index contributed by atoms with van der Waals surface area (Å²) < 4.78 is 22.1. The van der Waals surface area contributed by atoms with E-state index in [-0.39, 0.29) is 6.79 Å². The van der Waals surface area contributed by atoms with Crippen LogP contribution in [0.5, 0.6) is 0 Å². The van der Waals surface area contributed by atoms with E-state index in [1.807, 2.05) is 30.3 Å². The van der Waals surface area contributed by atoms with Crippen molar-refractivity contribution in [3.8, 4) is 0 Å². The monoisotopic (exact) mass is 210 g/mol. The van der Waals surface area contributed by atoms with Gasteiger partial charge in [-0.25, -0.2) is 4.39 Å². The van der Waals surface area contributed by atoms with Crippen molar-refractivity contribution < 1.29 is 13.9 Å². The van der Waals surface area contributed by atoms with Crippen LogP contribution in [0.1, 0.15) is 12.0 Å². The molecule has 0 fully saturated rings. The molecule has 0 heterocycles. The van der Waals surface area contributed by atoms with E-state index in [0.29, 0.717) is 18.5 Å². The standard InChI is InChI=1S/C12H15FO2/c1-14-10-15-12(9-13)8-7-11-5-3-2-4-6-11/h2-6,9H,7-8,10H2,1H3. The Kier molecular flexibility index (Phi) is 5.48. The largest absolute Gasteiger partial charge is 0.470 e. The molecule has 0 unspecified atom stereocenters. The first kappa shape index (κ1) is 11.7. The summed E-state index contributed by atoms with van der Waals surface area (Å²) in [6, 6.07) is 9.89. The highest BCUT2D eigenvalue weighted by Crippen LogP contribution is 2.10. The number of hydrogen-bond acceptors (Lipinski definition) is 2. The highest BCUT2D eigenvalue weighted by Gasteiger charge is 1.99. The summed E-state index contributed by atoms with van der Waals surface area (Å²) in [5.74, 6) is 0.320. The average Bonchev–Trinajstić information content (AvgIpc) is 2.31. The van der Waals surface area contributed by atoms with Gasteiger partial charge in [-0.3, -0.25) is 0 Å². The molecule has 1 aromatic carbocycles. The van der Waals surface area contributed by atoms with Crippen molar-refractivity contribution in [2.24, 2.45) is 0 Å². The molecule has 82 valence electrons. The van der Waals surface area contributed by atoms with Gasteiger partial charge in [0.05, 0.1) is 0 Å². The molecule has 0 amide bonds. The number of ether oxygens (including phenoxy) is 2. The Morgan fingerprint density at radius 2 is 2.07 bits per heavy atom. The highest BCUT2D eigenvalue weighted by molar-refractivity contribution is 5.15. The smallest absolute Gasteiger partial charge is 0.188 e. The number of halogens is 1. The molecule has 0 aliphatic carbocycles. The second-order valence-electron chi connectivity index (χ2n) is 3.11. The van der Waals surface area contributed by atoms with Gasteiger partial charge in [-0.05, 0) is 12.0 Å². The van der Waals surface area contributed by atoms with E-state index in [0.717, 1.165) is 12.0 Å². The molecule has 0 bridgehead atoms. The first-order chi connectivity index (χ1) is 7.36. The third-order valence-corrected chi connectivity index (χ3v) is 1.99. The zero-order chi connectivity index (χ0) is 10.9. The fourth-order valence-electron chi connectivity index (χ4n) is 1.21. The van der Waals surface area contributed by atoms with Gasteiger partial charge in [0.15, 0.2) is 6.79 Å². The van der Waals surface area contributed by atoms with Crippen molar-refractivity contribution in [1.29, 1.82) is 0 Å². The lowest BCUT2D eigenvalue weighted by Gasteiger charge is -2.07. The maximum atomic E-state index is 12.3. The molecule has 0 atom stereocenters. The van der Waals surface area contributed by atoms with E-state index in [2.05, 4.69) is 0 Å². The first-order valence-electron chi connectivity index (χ1n) is 4.81. The zero-order valence-electron chi connectivity index (χ0n) is 8.78. The predicted octanol–water partition coefficient (Wildman–Crippen LogP) is 3.05. The summed E-state index contributed by atoms with van der Waals surface area (Å²) in [6.45, 7) is 0.0878. The lowest BCUT2D eigenvalue weighted by molar-refractivity contribution is 0.000967. The van der Waals surface area contributed by atoms with Crippen molar-refractivity contribution in [1.82, 2.24) is 0 Å².